The summed E-state index contributed by atoms with van der Waals surface area (Å²) in [6.07, 6.45) is 10.2. The molecule has 0 heteroatoms. The van der Waals surface area contributed by atoms with E-state index < -0.39 is 0 Å². The lowest BCUT2D eigenvalue weighted by Gasteiger charge is -2.21. The van der Waals surface area contributed by atoms with Gasteiger partial charge in [-0.15, -0.1) is 0 Å². The van der Waals surface area contributed by atoms with Crippen molar-refractivity contribution < 1.29 is 0 Å². The lowest BCUT2D eigenvalue weighted by Crippen LogP contribution is -2.06. The standard InChI is InChI=1S/C26H38/c1-9-24(14-11-19(3)4)23(8)17-21(6)22(7)18-25(10-2)26-15-12-20(5)13-16-26/h11-17,22,25H,3,9-10,18H2,1-2,4-8H3/b14-11+,21-17-,24-23-. The van der Waals surface area contributed by atoms with Gasteiger partial charge in [0.05, 0.1) is 0 Å². The Bertz CT molecular complexity index is 664. The first-order chi connectivity index (χ1) is 12.3. The van der Waals surface area contributed by atoms with Crippen molar-refractivity contribution in [3.05, 3.63) is 82.5 Å². The molecule has 0 bridgehead atoms. The molecule has 0 aromatic heterocycles. The van der Waals surface area contributed by atoms with Crippen molar-refractivity contribution in [3.8, 4) is 0 Å². The van der Waals surface area contributed by atoms with Gasteiger partial charge in [-0.05, 0) is 75.5 Å². The summed E-state index contributed by atoms with van der Waals surface area (Å²) < 4.78 is 0. The Balaban J connectivity index is 2.92. The van der Waals surface area contributed by atoms with Crippen LogP contribution in [0.25, 0.3) is 0 Å². The Hall–Kier alpha value is -1.82. The summed E-state index contributed by atoms with van der Waals surface area (Å²) in [6, 6.07) is 9.08. The average molecular weight is 351 g/mol. The van der Waals surface area contributed by atoms with Crippen molar-refractivity contribution in [3.63, 3.8) is 0 Å². The van der Waals surface area contributed by atoms with Crippen LogP contribution in [0.5, 0.6) is 0 Å². The van der Waals surface area contributed by atoms with E-state index in [9.17, 15) is 0 Å². The summed E-state index contributed by atoms with van der Waals surface area (Å²) in [4.78, 5) is 0. The van der Waals surface area contributed by atoms with Gasteiger partial charge in [0.1, 0.15) is 0 Å². The van der Waals surface area contributed by atoms with Crippen LogP contribution in [0.2, 0.25) is 0 Å². The zero-order chi connectivity index (χ0) is 19.7. The summed E-state index contributed by atoms with van der Waals surface area (Å²) in [5.74, 6) is 1.21. The largest absolute Gasteiger partial charge is 0.0961 e. The van der Waals surface area contributed by atoms with Crippen molar-refractivity contribution in [1.29, 1.82) is 0 Å². The third kappa shape index (κ3) is 7.20. The van der Waals surface area contributed by atoms with E-state index in [0.29, 0.717) is 11.8 Å². The molecule has 0 aliphatic heterocycles. The maximum absolute atomic E-state index is 3.96. The van der Waals surface area contributed by atoms with E-state index in [1.807, 2.05) is 6.92 Å². The molecule has 26 heavy (non-hydrogen) atoms. The van der Waals surface area contributed by atoms with Crippen LogP contribution in [0, 0.1) is 12.8 Å². The van der Waals surface area contributed by atoms with E-state index in [2.05, 4.69) is 90.6 Å². The molecular formula is C26H38. The fourth-order valence-electron chi connectivity index (χ4n) is 3.34. The summed E-state index contributed by atoms with van der Waals surface area (Å²) in [7, 11) is 0. The predicted octanol–water partition coefficient (Wildman–Crippen LogP) is 8.32. The number of hydrogen-bond donors (Lipinski definition) is 0. The second-order valence-corrected chi connectivity index (χ2v) is 7.78. The molecule has 0 amide bonds. The highest BCUT2D eigenvalue weighted by Crippen LogP contribution is 2.31. The molecule has 0 fully saturated rings. The second-order valence-electron chi connectivity index (χ2n) is 7.78. The van der Waals surface area contributed by atoms with Crippen LogP contribution in [0.15, 0.2) is 71.4 Å². The normalized spacial score (nSPS) is 15.7. The number of aryl methyl sites for hydroxylation is 1. The van der Waals surface area contributed by atoms with Gasteiger partial charge < -0.3 is 0 Å². The zero-order valence-electron chi connectivity index (χ0n) is 18.0. The molecule has 0 heterocycles. The van der Waals surface area contributed by atoms with Gasteiger partial charge in [0.2, 0.25) is 0 Å². The summed E-state index contributed by atoms with van der Waals surface area (Å²) in [5.41, 5.74) is 8.15. The molecule has 1 aromatic carbocycles. The minimum absolute atomic E-state index is 0.583. The summed E-state index contributed by atoms with van der Waals surface area (Å²) in [6.45, 7) is 19.6. The van der Waals surface area contributed by atoms with E-state index >= 15 is 0 Å². The van der Waals surface area contributed by atoms with Crippen molar-refractivity contribution in [2.75, 3.05) is 0 Å². The highest BCUT2D eigenvalue weighted by molar-refractivity contribution is 5.36. The van der Waals surface area contributed by atoms with Gasteiger partial charge in [-0.25, -0.2) is 0 Å². The molecule has 0 saturated heterocycles. The number of allylic oxidation sites excluding steroid dienone is 7. The molecule has 0 saturated carbocycles. The Kier molecular flexibility index (Phi) is 9.41. The first-order valence-electron chi connectivity index (χ1n) is 10.1. The fraction of sp³-hybridized carbons (Fsp3) is 0.462. The minimum atomic E-state index is 0.583. The first kappa shape index (κ1) is 22.2. The molecule has 0 aliphatic carbocycles. The van der Waals surface area contributed by atoms with Gasteiger partial charge in [0.25, 0.3) is 0 Å². The third-order valence-corrected chi connectivity index (χ3v) is 5.36. The lowest BCUT2D eigenvalue weighted by atomic mass is 9.84. The van der Waals surface area contributed by atoms with Crippen LogP contribution in [-0.4, -0.2) is 0 Å². The summed E-state index contributed by atoms with van der Waals surface area (Å²) in [5, 5.41) is 0. The van der Waals surface area contributed by atoms with E-state index in [0.717, 1.165) is 12.0 Å². The number of rotatable bonds is 9. The number of benzene rings is 1. The molecule has 1 aromatic rings. The van der Waals surface area contributed by atoms with Crippen LogP contribution in [0.1, 0.15) is 77.8 Å². The average Bonchev–Trinajstić information content (AvgIpc) is 2.60. The van der Waals surface area contributed by atoms with E-state index in [1.54, 1.807) is 0 Å². The SMILES string of the molecule is C=C(C)/C=C/C(CC)=C(C)\C=C(\C)C(C)CC(CC)c1ccc(C)cc1. The van der Waals surface area contributed by atoms with Crippen LogP contribution in [0.4, 0.5) is 0 Å². The lowest BCUT2D eigenvalue weighted by molar-refractivity contribution is 0.506. The molecule has 2 unspecified atom stereocenters. The monoisotopic (exact) mass is 350 g/mol. The highest BCUT2D eigenvalue weighted by Gasteiger charge is 2.15. The second kappa shape index (κ2) is 11.0. The molecule has 0 radical (unpaired) electrons. The van der Waals surface area contributed by atoms with Gasteiger partial charge >= 0.3 is 0 Å². The molecule has 0 nitrogen and oxygen atoms in total. The van der Waals surface area contributed by atoms with Crippen molar-refractivity contribution >= 4 is 0 Å². The molecule has 142 valence electrons. The smallest absolute Gasteiger partial charge is 0.0159 e. The molecule has 0 N–H and O–H groups in total. The Labute approximate surface area is 162 Å². The quantitative estimate of drug-likeness (QED) is 0.393. The van der Waals surface area contributed by atoms with Crippen molar-refractivity contribution in [2.45, 2.75) is 73.6 Å². The van der Waals surface area contributed by atoms with E-state index in [-0.39, 0.29) is 0 Å². The van der Waals surface area contributed by atoms with Gasteiger partial charge in [0.15, 0.2) is 0 Å². The molecule has 1 rings (SSSR count). The highest BCUT2D eigenvalue weighted by atomic mass is 14.2. The van der Waals surface area contributed by atoms with Crippen LogP contribution < -0.4 is 0 Å². The maximum Gasteiger partial charge on any atom is -0.0159 e. The van der Waals surface area contributed by atoms with E-state index in [4.69, 9.17) is 0 Å². The van der Waals surface area contributed by atoms with Crippen LogP contribution in [0.3, 0.4) is 0 Å². The topological polar surface area (TPSA) is 0 Å². The van der Waals surface area contributed by atoms with Crippen molar-refractivity contribution in [1.82, 2.24) is 0 Å². The third-order valence-electron chi connectivity index (χ3n) is 5.36. The first-order valence-corrected chi connectivity index (χ1v) is 10.1. The van der Waals surface area contributed by atoms with Crippen LogP contribution >= 0.6 is 0 Å². The van der Waals surface area contributed by atoms with E-state index in [1.165, 1.54) is 40.7 Å². The summed E-state index contributed by atoms with van der Waals surface area (Å²) >= 11 is 0. The fourth-order valence-corrected chi connectivity index (χ4v) is 3.34. The van der Waals surface area contributed by atoms with Gasteiger partial charge in [-0.1, -0.05) is 86.6 Å². The Morgan fingerprint density at radius 2 is 1.65 bits per heavy atom. The Morgan fingerprint density at radius 3 is 2.15 bits per heavy atom. The predicted molar refractivity (Wildman–Crippen MR) is 119 cm³/mol. The molecule has 2 atom stereocenters. The molecule has 0 spiro atoms. The Morgan fingerprint density at radius 1 is 1.04 bits per heavy atom. The number of hydrogen-bond acceptors (Lipinski definition) is 0. The maximum atomic E-state index is 3.96. The van der Waals surface area contributed by atoms with Crippen molar-refractivity contribution in [2.24, 2.45) is 5.92 Å². The molecule has 0 aliphatic rings. The van der Waals surface area contributed by atoms with Gasteiger partial charge in [-0.2, -0.15) is 0 Å². The molecular weight excluding hydrogens is 312 g/mol. The van der Waals surface area contributed by atoms with Gasteiger partial charge in [-0.3, -0.25) is 0 Å². The minimum Gasteiger partial charge on any atom is -0.0961 e. The van der Waals surface area contributed by atoms with Crippen LogP contribution in [-0.2, 0) is 0 Å². The zero-order valence-corrected chi connectivity index (χ0v) is 18.0. The van der Waals surface area contributed by atoms with Gasteiger partial charge in [0, 0.05) is 0 Å².